The predicted octanol–water partition coefficient (Wildman–Crippen LogP) is 1.55. The van der Waals surface area contributed by atoms with Gasteiger partial charge in [0.1, 0.15) is 0 Å². The Morgan fingerprint density at radius 2 is 2.30 bits per heavy atom. The lowest BCUT2D eigenvalue weighted by Crippen LogP contribution is -2.22. The van der Waals surface area contributed by atoms with Crippen molar-refractivity contribution in [1.82, 2.24) is 0 Å². The molecule has 0 aromatic carbocycles. The molecule has 0 heterocycles. The van der Waals surface area contributed by atoms with Gasteiger partial charge in [-0.2, -0.15) is 0 Å². The highest BCUT2D eigenvalue weighted by molar-refractivity contribution is 6.63. The Morgan fingerprint density at radius 3 is 3.00 bits per heavy atom. The molecule has 1 nitrogen and oxygen atoms in total. The van der Waals surface area contributed by atoms with Crippen LogP contribution in [0.2, 0.25) is 6.82 Å². The van der Waals surface area contributed by atoms with Crippen LogP contribution in [0.4, 0.5) is 0 Å². The molecule has 0 spiro atoms. The number of allylic oxidation sites excluding steroid dienone is 6. The average molecular weight is 133 g/mol. The lowest BCUT2D eigenvalue weighted by molar-refractivity contribution is 1.40. The zero-order valence-corrected chi connectivity index (χ0v) is 6.25. The molecule has 0 bridgehead atoms. The number of nitrogens with two attached hydrogens (primary N) is 1. The summed E-state index contributed by atoms with van der Waals surface area (Å²) in [5.41, 5.74) is 6.89. The van der Waals surface area contributed by atoms with E-state index >= 15 is 0 Å². The van der Waals surface area contributed by atoms with E-state index in [1.165, 1.54) is 5.47 Å². The van der Waals surface area contributed by atoms with E-state index < -0.39 is 0 Å². The van der Waals surface area contributed by atoms with Gasteiger partial charge >= 0.3 is 0 Å². The molecule has 1 aliphatic rings. The smallest absolute Gasteiger partial charge is 0.248 e. The molecule has 0 atom stereocenters. The molecular formula is C8H12BN. The zero-order chi connectivity index (χ0) is 7.40. The quantitative estimate of drug-likeness (QED) is 0.539. The Bertz CT molecular complexity index is 189. The predicted molar refractivity (Wildman–Crippen MR) is 46.8 cm³/mol. The van der Waals surface area contributed by atoms with Crippen molar-refractivity contribution < 1.29 is 0 Å². The third kappa shape index (κ3) is 1.88. The van der Waals surface area contributed by atoms with Crippen LogP contribution in [-0.2, 0) is 0 Å². The average Bonchev–Trinajstić information content (AvgIpc) is 2.12. The third-order valence-corrected chi connectivity index (χ3v) is 1.53. The van der Waals surface area contributed by atoms with Crippen molar-refractivity contribution in [1.29, 1.82) is 0 Å². The first kappa shape index (κ1) is 7.35. The molecular weight excluding hydrogens is 121 g/mol. The molecule has 0 saturated carbocycles. The molecule has 1 rings (SSSR count). The molecule has 10 heavy (non-hydrogen) atoms. The van der Waals surface area contributed by atoms with Gasteiger partial charge in [-0.25, -0.2) is 0 Å². The number of rotatable bonds is 1. The van der Waals surface area contributed by atoms with Crippen LogP contribution in [0.25, 0.3) is 0 Å². The highest BCUT2D eigenvalue weighted by Crippen LogP contribution is 2.04. The van der Waals surface area contributed by atoms with Crippen molar-refractivity contribution in [2.24, 2.45) is 5.64 Å². The minimum absolute atomic E-state index is 0.152. The van der Waals surface area contributed by atoms with Crippen LogP contribution in [-0.4, -0.2) is 6.85 Å². The van der Waals surface area contributed by atoms with Gasteiger partial charge in [-0.05, 0) is 6.42 Å². The summed E-state index contributed by atoms with van der Waals surface area (Å²) in [5.74, 6) is 0. The van der Waals surface area contributed by atoms with Gasteiger partial charge in [0.15, 0.2) is 0 Å². The first-order valence-corrected chi connectivity index (χ1v) is 3.59. The molecule has 0 unspecified atom stereocenters. The monoisotopic (exact) mass is 133 g/mol. The van der Waals surface area contributed by atoms with E-state index in [9.17, 15) is 0 Å². The largest absolute Gasteiger partial charge is 0.366 e. The van der Waals surface area contributed by atoms with Crippen molar-refractivity contribution in [2.45, 2.75) is 13.2 Å². The minimum Gasteiger partial charge on any atom is -0.366 e. The number of hydrogen-bond donors (Lipinski definition) is 1. The molecule has 0 aromatic heterocycles. The van der Waals surface area contributed by atoms with Crippen molar-refractivity contribution in [2.75, 3.05) is 0 Å². The molecule has 2 heteroatoms. The standard InChI is InChI=1S/C8H12BN/c1-9(10)8-6-4-2-3-5-7-8/h2,4-7H,3,10H2,1H3. The Labute approximate surface area is 62.4 Å². The first-order chi connectivity index (χ1) is 4.80. The fourth-order valence-electron chi connectivity index (χ4n) is 0.900. The molecule has 0 aromatic rings. The van der Waals surface area contributed by atoms with Gasteiger partial charge in [0.05, 0.1) is 0 Å². The van der Waals surface area contributed by atoms with E-state index in [2.05, 4.69) is 30.4 Å². The Hall–Kier alpha value is -0.755. The van der Waals surface area contributed by atoms with E-state index in [-0.39, 0.29) is 6.85 Å². The fraction of sp³-hybridized carbons (Fsp3) is 0.250. The van der Waals surface area contributed by atoms with Gasteiger partial charge in [0, 0.05) is 0 Å². The fourth-order valence-corrected chi connectivity index (χ4v) is 0.900. The first-order valence-electron chi connectivity index (χ1n) is 3.59. The van der Waals surface area contributed by atoms with Gasteiger partial charge in [0.25, 0.3) is 0 Å². The van der Waals surface area contributed by atoms with Gasteiger partial charge in [-0.15, -0.1) is 0 Å². The second-order valence-electron chi connectivity index (χ2n) is 2.52. The van der Waals surface area contributed by atoms with Crippen LogP contribution in [0.5, 0.6) is 0 Å². The molecule has 0 fully saturated rings. The van der Waals surface area contributed by atoms with Crippen LogP contribution in [0.3, 0.4) is 0 Å². The summed E-state index contributed by atoms with van der Waals surface area (Å²) in [7, 11) is 0. The lowest BCUT2D eigenvalue weighted by atomic mass is 9.59. The van der Waals surface area contributed by atoms with E-state index in [4.69, 9.17) is 5.64 Å². The second kappa shape index (κ2) is 3.42. The molecule has 0 aliphatic heterocycles. The topological polar surface area (TPSA) is 26.0 Å². The Morgan fingerprint density at radius 1 is 1.50 bits per heavy atom. The van der Waals surface area contributed by atoms with E-state index in [0.717, 1.165) is 6.42 Å². The van der Waals surface area contributed by atoms with Crippen LogP contribution in [0.1, 0.15) is 6.42 Å². The summed E-state index contributed by atoms with van der Waals surface area (Å²) in [6.45, 7) is 2.15. The second-order valence-corrected chi connectivity index (χ2v) is 2.52. The van der Waals surface area contributed by atoms with Gasteiger partial charge in [-0.1, -0.05) is 42.7 Å². The van der Waals surface area contributed by atoms with Crippen LogP contribution >= 0.6 is 0 Å². The van der Waals surface area contributed by atoms with E-state index in [1.54, 1.807) is 0 Å². The molecule has 52 valence electrons. The van der Waals surface area contributed by atoms with Crippen LogP contribution in [0, 0.1) is 0 Å². The molecule has 1 aliphatic carbocycles. The van der Waals surface area contributed by atoms with Gasteiger partial charge < -0.3 is 5.64 Å². The summed E-state index contributed by atoms with van der Waals surface area (Å²) < 4.78 is 0. The van der Waals surface area contributed by atoms with Crippen LogP contribution < -0.4 is 5.64 Å². The Balaban J connectivity index is 2.73. The summed E-state index contributed by atoms with van der Waals surface area (Å²) in [6.07, 6.45) is 11.5. The summed E-state index contributed by atoms with van der Waals surface area (Å²) in [4.78, 5) is 0. The third-order valence-electron chi connectivity index (χ3n) is 1.53. The lowest BCUT2D eigenvalue weighted by Gasteiger charge is -1.98. The van der Waals surface area contributed by atoms with Gasteiger partial charge in [0.2, 0.25) is 6.85 Å². The van der Waals surface area contributed by atoms with Crippen molar-refractivity contribution in [3.05, 3.63) is 35.9 Å². The summed E-state index contributed by atoms with van der Waals surface area (Å²) in [6, 6.07) is 0. The highest BCUT2D eigenvalue weighted by atomic mass is 14.4. The SMILES string of the molecule is CB(N)C1=CC=CCC=C1. The Kier molecular flexibility index (Phi) is 2.52. The maximum absolute atomic E-state index is 5.68. The normalized spacial score (nSPS) is 16.4. The van der Waals surface area contributed by atoms with E-state index in [0.29, 0.717) is 0 Å². The highest BCUT2D eigenvalue weighted by Gasteiger charge is 2.02. The molecule has 0 radical (unpaired) electrons. The minimum atomic E-state index is 0.152. The van der Waals surface area contributed by atoms with Crippen molar-refractivity contribution in [3.63, 3.8) is 0 Å². The van der Waals surface area contributed by atoms with Crippen LogP contribution in [0.15, 0.2) is 35.9 Å². The van der Waals surface area contributed by atoms with Crippen molar-refractivity contribution in [3.8, 4) is 0 Å². The summed E-state index contributed by atoms with van der Waals surface area (Å²) >= 11 is 0. The number of hydrogen-bond acceptors (Lipinski definition) is 1. The van der Waals surface area contributed by atoms with Gasteiger partial charge in [-0.3, -0.25) is 0 Å². The van der Waals surface area contributed by atoms with E-state index in [1.807, 2.05) is 6.82 Å². The maximum Gasteiger partial charge on any atom is 0.248 e. The molecule has 2 N–H and O–H groups in total. The molecule has 0 amide bonds. The summed E-state index contributed by atoms with van der Waals surface area (Å²) in [5, 5.41) is 0. The van der Waals surface area contributed by atoms with Crippen molar-refractivity contribution >= 4 is 6.85 Å². The maximum atomic E-state index is 5.68. The molecule has 0 saturated heterocycles. The zero-order valence-electron chi connectivity index (χ0n) is 6.25.